The van der Waals surface area contributed by atoms with E-state index in [9.17, 15) is 14.9 Å². The van der Waals surface area contributed by atoms with Crippen LogP contribution in [-0.4, -0.2) is 17.4 Å². The summed E-state index contributed by atoms with van der Waals surface area (Å²) in [7, 11) is 0. The largest absolute Gasteiger partial charge is 0.488 e. The van der Waals surface area contributed by atoms with Crippen molar-refractivity contribution in [3.63, 3.8) is 0 Å². The monoisotopic (exact) mass is 506 g/mol. The van der Waals surface area contributed by atoms with Gasteiger partial charge in [-0.3, -0.25) is 14.9 Å². The number of hydrogen-bond acceptors (Lipinski definition) is 4. The summed E-state index contributed by atoms with van der Waals surface area (Å²) in [5.74, 6) is 1.03. The zero-order valence-electron chi connectivity index (χ0n) is 18.3. The van der Waals surface area contributed by atoms with E-state index in [-0.39, 0.29) is 18.2 Å². The zero-order chi connectivity index (χ0) is 23.5. The Morgan fingerprint density at radius 3 is 2.48 bits per heavy atom. The van der Waals surface area contributed by atoms with Gasteiger partial charge in [-0.15, -0.1) is 0 Å². The SMILES string of the molecule is CC(C)CN1C(=O)/C(=C\c2ccc(OCc3ccc([N+](=O)[O-])cc3)c(Br)c2)c2ccccc21. The number of nitrogens with zero attached hydrogens (tertiary/aromatic N) is 2. The molecule has 0 N–H and O–H groups in total. The molecular weight excluding hydrogens is 484 g/mol. The molecular formula is C26H23BrN2O4. The molecule has 3 aromatic carbocycles. The van der Waals surface area contributed by atoms with Crippen LogP contribution in [0.3, 0.4) is 0 Å². The smallest absolute Gasteiger partial charge is 0.269 e. The number of rotatable bonds is 7. The summed E-state index contributed by atoms with van der Waals surface area (Å²) in [6.07, 6.45) is 1.91. The van der Waals surface area contributed by atoms with E-state index in [4.69, 9.17) is 4.74 Å². The topological polar surface area (TPSA) is 72.7 Å². The Kier molecular flexibility index (Phi) is 6.60. The first kappa shape index (κ1) is 22.7. The Hall–Kier alpha value is -3.45. The first-order valence-electron chi connectivity index (χ1n) is 10.6. The van der Waals surface area contributed by atoms with Crippen LogP contribution in [-0.2, 0) is 11.4 Å². The Morgan fingerprint density at radius 2 is 1.82 bits per heavy atom. The maximum atomic E-state index is 13.2. The highest BCUT2D eigenvalue weighted by Crippen LogP contribution is 2.38. The molecule has 33 heavy (non-hydrogen) atoms. The fourth-order valence-corrected chi connectivity index (χ4v) is 4.27. The third-order valence-electron chi connectivity index (χ3n) is 5.32. The second-order valence-corrected chi connectivity index (χ2v) is 9.14. The summed E-state index contributed by atoms with van der Waals surface area (Å²) in [5.41, 5.74) is 4.33. The molecule has 0 bridgehead atoms. The number of carbonyl (C=O) groups excluding carboxylic acids is 1. The summed E-state index contributed by atoms with van der Waals surface area (Å²) in [6.45, 7) is 5.16. The van der Waals surface area contributed by atoms with E-state index in [0.29, 0.717) is 23.8 Å². The molecule has 0 saturated heterocycles. The lowest BCUT2D eigenvalue weighted by molar-refractivity contribution is -0.384. The number of anilines is 1. The third-order valence-corrected chi connectivity index (χ3v) is 5.94. The first-order chi connectivity index (χ1) is 15.8. The van der Waals surface area contributed by atoms with Crippen LogP contribution in [0.5, 0.6) is 5.75 Å². The minimum atomic E-state index is -0.427. The van der Waals surface area contributed by atoms with E-state index in [2.05, 4.69) is 29.8 Å². The van der Waals surface area contributed by atoms with Gasteiger partial charge in [-0.05, 0) is 69.4 Å². The molecule has 0 saturated carbocycles. The summed E-state index contributed by atoms with van der Waals surface area (Å²) in [5, 5.41) is 10.8. The number of ether oxygens (including phenoxy) is 1. The molecule has 0 radical (unpaired) electrons. The van der Waals surface area contributed by atoms with Crippen LogP contribution >= 0.6 is 15.9 Å². The van der Waals surface area contributed by atoms with Gasteiger partial charge in [0.1, 0.15) is 12.4 Å². The lowest BCUT2D eigenvalue weighted by Gasteiger charge is -2.19. The van der Waals surface area contributed by atoms with Crippen molar-refractivity contribution in [3.05, 3.63) is 98.0 Å². The molecule has 7 heteroatoms. The van der Waals surface area contributed by atoms with Crippen LogP contribution in [0.2, 0.25) is 0 Å². The van der Waals surface area contributed by atoms with Gasteiger partial charge in [0, 0.05) is 29.8 Å². The minimum Gasteiger partial charge on any atom is -0.488 e. The number of halogens is 1. The molecule has 1 aliphatic heterocycles. The fourth-order valence-electron chi connectivity index (χ4n) is 3.76. The third kappa shape index (κ3) is 4.98. The van der Waals surface area contributed by atoms with E-state index in [1.165, 1.54) is 12.1 Å². The zero-order valence-corrected chi connectivity index (χ0v) is 19.9. The summed E-state index contributed by atoms with van der Waals surface area (Å²) >= 11 is 3.55. The van der Waals surface area contributed by atoms with E-state index in [0.717, 1.165) is 26.9 Å². The van der Waals surface area contributed by atoms with Crippen LogP contribution in [0.15, 0.2) is 71.2 Å². The Balaban J connectivity index is 1.53. The van der Waals surface area contributed by atoms with Gasteiger partial charge < -0.3 is 9.64 Å². The van der Waals surface area contributed by atoms with Crippen molar-refractivity contribution in [2.75, 3.05) is 11.4 Å². The molecule has 0 aliphatic carbocycles. The lowest BCUT2D eigenvalue weighted by atomic mass is 10.0. The molecule has 168 valence electrons. The van der Waals surface area contributed by atoms with Gasteiger partial charge >= 0.3 is 0 Å². The van der Waals surface area contributed by atoms with E-state index in [1.807, 2.05) is 53.4 Å². The van der Waals surface area contributed by atoms with Crippen LogP contribution < -0.4 is 9.64 Å². The summed E-state index contributed by atoms with van der Waals surface area (Å²) in [4.78, 5) is 25.4. The molecule has 0 aromatic heterocycles. The van der Waals surface area contributed by atoms with E-state index >= 15 is 0 Å². The maximum Gasteiger partial charge on any atom is 0.269 e. The Morgan fingerprint density at radius 1 is 1.09 bits per heavy atom. The van der Waals surface area contributed by atoms with E-state index in [1.54, 1.807) is 12.1 Å². The van der Waals surface area contributed by atoms with Crippen LogP contribution in [0.1, 0.15) is 30.5 Å². The Labute approximate surface area is 200 Å². The van der Waals surface area contributed by atoms with Crippen LogP contribution in [0.25, 0.3) is 11.6 Å². The van der Waals surface area contributed by atoms with Crippen LogP contribution in [0, 0.1) is 16.0 Å². The van der Waals surface area contributed by atoms with Gasteiger partial charge in [0.2, 0.25) is 0 Å². The van der Waals surface area contributed by atoms with Crippen LogP contribution in [0.4, 0.5) is 11.4 Å². The first-order valence-corrected chi connectivity index (χ1v) is 11.4. The van der Waals surface area contributed by atoms with Crippen molar-refractivity contribution in [3.8, 4) is 5.75 Å². The quantitative estimate of drug-likeness (QED) is 0.209. The number of non-ortho nitro benzene ring substituents is 1. The van der Waals surface area contributed by atoms with Gasteiger partial charge in [0.15, 0.2) is 0 Å². The standard InChI is InChI=1S/C26H23BrN2O4/c1-17(2)15-28-24-6-4-3-5-21(24)22(26(28)30)13-19-9-12-25(23(27)14-19)33-16-18-7-10-20(11-8-18)29(31)32/h3-14,17H,15-16H2,1-2H3/b22-13-. The normalized spacial score (nSPS) is 14.1. The number of nitro benzene ring substituents is 1. The molecule has 6 nitrogen and oxygen atoms in total. The number of fused-ring (bicyclic) bond motifs is 1. The van der Waals surface area contributed by atoms with E-state index < -0.39 is 4.92 Å². The second kappa shape index (κ2) is 9.58. The summed E-state index contributed by atoms with van der Waals surface area (Å²) < 4.78 is 6.63. The average molecular weight is 507 g/mol. The van der Waals surface area contributed by atoms with Crippen molar-refractivity contribution >= 4 is 44.9 Å². The van der Waals surface area contributed by atoms with Gasteiger partial charge in [0.05, 0.1) is 15.1 Å². The summed E-state index contributed by atoms with van der Waals surface area (Å²) in [6, 6.07) is 19.8. The molecule has 0 unspecified atom stereocenters. The Bertz CT molecular complexity index is 1240. The van der Waals surface area contributed by atoms with Crippen molar-refractivity contribution < 1.29 is 14.5 Å². The minimum absolute atomic E-state index is 0.0134. The second-order valence-electron chi connectivity index (χ2n) is 8.29. The highest BCUT2D eigenvalue weighted by atomic mass is 79.9. The van der Waals surface area contributed by atoms with Crippen molar-refractivity contribution in [1.29, 1.82) is 0 Å². The number of carbonyl (C=O) groups is 1. The number of benzene rings is 3. The molecule has 3 aromatic rings. The number of nitro groups is 1. The van der Waals surface area contributed by atoms with Gasteiger partial charge in [-0.1, -0.05) is 38.1 Å². The van der Waals surface area contributed by atoms with Gasteiger partial charge in [0.25, 0.3) is 11.6 Å². The van der Waals surface area contributed by atoms with Crippen molar-refractivity contribution in [2.45, 2.75) is 20.5 Å². The molecule has 4 rings (SSSR count). The number of hydrogen-bond donors (Lipinski definition) is 0. The maximum absolute atomic E-state index is 13.2. The van der Waals surface area contributed by atoms with Gasteiger partial charge in [-0.25, -0.2) is 0 Å². The lowest BCUT2D eigenvalue weighted by Crippen LogP contribution is -2.30. The molecule has 1 heterocycles. The molecule has 0 fully saturated rings. The fraction of sp³-hybridized carbons (Fsp3) is 0.192. The highest BCUT2D eigenvalue weighted by molar-refractivity contribution is 9.10. The van der Waals surface area contributed by atoms with Crippen molar-refractivity contribution in [2.24, 2.45) is 5.92 Å². The average Bonchev–Trinajstić information content (AvgIpc) is 3.04. The predicted molar refractivity (Wildman–Crippen MR) is 133 cm³/mol. The highest BCUT2D eigenvalue weighted by Gasteiger charge is 2.32. The van der Waals surface area contributed by atoms with Crippen molar-refractivity contribution in [1.82, 2.24) is 0 Å². The molecule has 0 atom stereocenters. The predicted octanol–water partition coefficient (Wildman–Crippen LogP) is 6.48. The molecule has 1 aliphatic rings. The number of para-hydroxylation sites is 1. The number of amides is 1. The molecule has 0 spiro atoms. The molecule has 1 amide bonds. The van der Waals surface area contributed by atoms with Gasteiger partial charge in [-0.2, -0.15) is 0 Å².